The molecule has 8 nitrogen and oxygen atoms in total. The zero-order valence-electron chi connectivity index (χ0n) is 18.6. The number of halogens is 1. The minimum Gasteiger partial charge on any atom is -0.507 e. The van der Waals surface area contributed by atoms with E-state index >= 15 is 0 Å². The first-order chi connectivity index (χ1) is 15.6. The third kappa shape index (κ3) is 2.91. The molecule has 0 amide bonds. The van der Waals surface area contributed by atoms with Gasteiger partial charge in [0, 0.05) is 21.5 Å². The first-order valence-electron chi connectivity index (χ1n) is 10.1. The lowest BCUT2D eigenvalue weighted by molar-refractivity contribution is -0.143. The molecule has 10 heteroatoms. The second-order valence-corrected chi connectivity index (χ2v) is 9.92. The number of fused-ring (bicyclic) bond motifs is 4. The second kappa shape index (κ2) is 7.92. The molecule has 0 fully saturated rings. The number of benzene rings is 1. The van der Waals surface area contributed by atoms with Gasteiger partial charge in [-0.15, -0.1) is 11.8 Å². The fraction of sp³-hybridized carbons (Fsp3) is 0.391. The number of aromatic hydroxyl groups is 1. The molecule has 1 aromatic carbocycles. The molecular formula is C23H22ClNO7S. The van der Waals surface area contributed by atoms with Gasteiger partial charge in [-0.2, -0.15) is 0 Å². The Balaban J connectivity index is 2.14. The van der Waals surface area contributed by atoms with Gasteiger partial charge in [0.05, 0.1) is 25.4 Å². The Morgan fingerprint density at radius 1 is 1.24 bits per heavy atom. The molecule has 1 aliphatic carbocycles. The lowest BCUT2D eigenvalue weighted by Gasteiger charge is -2.51. The number of carbonyl (C=O) groups excluding carboxylic acids is 4. The Kier molecular flexibility index (Phi) is 5.61. The first kappa shape index (κ1) is 23.4. The molecule has 33 heavy (non-hydrogen) atoms. The Labute approximate surface area is 199 Å². The summed E-state index contributed by atoms with van der Waals surface area (Å²) < 4.78 is 9.99. The lowest BCUT2D eigenvalue weighted by Crippen LogP contribution is -2.61. The maximum atomic E-state index is 14.0. The maximum Gasteiger partial charge on any atom is 0.355 e. The average molecular weight is 492 g/mol. The normalized spacial score (nSPS) is 26.0. The summed E-state index contributed by atoms with van der Waals surface area (Å²) in [5, 5.41) is 10.1. The van der Waals surface area contributed by atoms with Gasteiger partial charge in [-0.05, 0) is 44.4 Å². The van der Waals surface area contributed by atoms with Crippen molar-refractivity contribution in [3.63, 3.8) is 0 Å². The molecule has 2 aliphatic heterocycles. The number of rotatable bonds is 3. The Morgan fingerprint density at radius 2 is 1.88 bits per heavy atom. The van der Waals surface area contributed by atoms with Gasteiger partial charge >= 0.3 is 11.9 Å². The van der Waals surface area contributed by atoms with Crippen LogP contribution in [0.15, 0.2) is 27.9 Å². The molecule has 0 bridgehead atoms. The number of allylic oxidation sites excluding steroid dienone is 2. The summed E-state index contributed by atoms with van der Waals surface area (Å²) >= 11 is 7.77. The molecule has 2 heterocycles. The van der Waals surface area contributed by atoms with E-state index < -0.39 is 34.4 Å². The summed E-state index contributed by atoms with van der Waals surface area (Å²) in [6, 6.07) is 1.38. The number of ether oxygens (including phenoxy) is 2. The lowest BCUT2D eigenvalue weighted by atomic mass is 9.59. The zero-order chi connectivity index (χ0) is 24.4. The molecule has 1 N–H and O–H groups in total. The Morgan fingerprint density at radius 3 is 2.45 bits per heavy atom. The predicted octanol–water partition coefficient (Wildman–Crippen LogP) is 3.13. The van der Waals surface area contributed by atoms with Crippen molar-refractivity contribution in [1.29, 1.82) is 0 Å². The fourth-order valence-corrected chi connectivity index (χ4v) is 6.77. The minimum atomic E-state index is -1.78. The third-order valence-electron chi connectivity index (χ3n) is 6.75. The highest BCUT2D eigenvalue weighted by Gasteiger charge is 2.65. The van der Waals surface area contributed by atoms with Crippen molar-refractivity contribution in [2.24, 2.45) is 11.3 Å². The number of nitrogens with zero attached hydrogens (tertiary/aromatic N) is 1. The number of ketones is 1. The van der Waals surface area contributed by atoms with Gasteiger partial charge in [-0.3, -0.25) is 4.79 Å². The minimum absolute atomic E-state index is 0.0260. The van der Waals surface area contributed by atoms with Gasteiger partial charge in [0.2, 0.25) is 0 Å². The Bertz CT molecular complexity index is 1200. The monoisotopic (exact) mass is 491 g/mol. The van der Waals surface area contributed by atoms with Crippen molar-refractivity contribution >= 4 is 47.4 Å². The molecule has 3 atom stereocenters. The number of phenolic OH excluding ortho intramolecular Hbond substituents is 1. The van der Waals surface area contributed by atoms with Crippen molar-refractivity contribution in [2.45, 2.75) is 32.6 Å². The van der Waals surface area contributed by atoms with Crippen molar-refractivity contribution in [2.75, 3.05) is 14.2 Å². The second-order valence-electron chi connectivity index (χ2n) is 8.24. The number of carbonyl (C=O) groups is 4. The van der Waals surface area contributed by atoms with E-state index in [1.165, 1.54) is 29.8 Å². The van der Waals surface area contributed by atoms with Crippen LogP contribution in [0.4, 0.5) is 0 Å². The number of aldehydes is 1. The Hall–Kier alpha value is -2.78. The van der Waals surface area contributed by atoms with Crippen LogP contribution in [0, 0.1) is 18.3 Å². The highest BCUT2D eigenvalue weighted by Crippen LogP contribution is 2.60. The molecular weight excluding hydrogens is 470 g/mol. The van der Waals surface area contributed by atoms with Crippen LogP contribution >= 0.6 is 23.4 Å². The first-order valence-corrected chi connectivity index (χ1v) is 11.4. The smallest absolute Gasteiger partial charge is 0.355 e. The van der Waals surface area contributed by atoms with Gasteiger partial charge in [0.15, 0.2) is 5.78 Å². The van der Waals surface area contributed by atoms with E-state index in [0.29, 0.717) is 23.1 Å². The molecule has 174 valence electrons. The van der Waals surface area contributed by atoms with Gasteiger partial charge in [0.25, 0.3) is 0 Å². The fourth-order valence-electron chi connectivity index (χ4n) is 5.05. The van der Waals surface area contributed by atoms with Gasteiger partial charge in [-0.25, -0.2) is 9.59 Å². The summed E-state index contributed by atoms with van der Waals surface area (Å²) in [6.07, 6.45) is 0.505. The number of esters is 2. The van der Waals surface area contributed by atoms with Crippen molar-refractivity contribution < 1.29 is 33.8 Å². The van der Waals surface area contributed by atoms with E-state index in [-0.39, 0.29) is 34.0 Å². The predicted molar refractivity (Wildman–Crippen MR) is 121 cm³/mol. The van der Waals surface area contributed by atoms with Crippen LogP contribution < -0.4 is 0 Å². The SMILES string of the molecule is COC(=O)C1=C(C(=O)OC)N2C(C)=C(C)SC2C2(C=O)C(=O)c3c(O)cc(C)c(Cl)c3C[C@H]12. The largest absolute Gasteiger partial charge is 0.507 e. The van der Waals surface area contributed by atoms with Crippen molar-refractivity contribution in [3.05, 3.63) is 49.7 Å². The van der Waals surface area contributed by atoms with Crippen LogP contribution in [0.3, 0.4) is 0 Å². The van der Waals surface area contributed by atoms with E-state index in [1.807, 2.05) is 0 Å². The standard InChI is InChI=1S/C23H22ClNO7S/c1-9-6-14(27)15-12(17(9)24)7-13-16(20(29)31-4)18(21(30)32-5)25-10(2)11(3)33-22(25)23(13,8-26)19(15)28/h6,8,13,22,27H,7H2,1-5H3/t13-,22?,23?/m1/s1. The van der Waals surface area contributed by atoms with Gasteiger partial charge < -0.3 is 24.3 Å². The highest BCUT2D eigenvalue weighted by atomic mass is 35.5. The van der Waals surface area contributed by atoms with Crippen LogP contribution in [0.5, 0.6) is 5.75 Å². The molecule has 4 rings (SSSR count). The van der Waals surface area contributed by atoms with Gasteiger partial charge in [0.1, 0.15) is 28.5 Å². The number of hydrogen-bond acceptors (Lipinski definition) is 9. The maximum absolute atomic E-state index is 14.0. The number of methoxy groups -OCH3 is 2. The summed E-state index contributed by atoms with van der Waals surface area (Å²) in [5.41, 5.74) is -0.546. The number of hydrogen-bond donors (Lipinski definition) is 1. The van der Waals surface area contributed by atoms with E-state index in [0.717, 1.165) is 12.0 Å². The van der Waals surface area contributed by atoms with Crippen LogP contribution in [0.25, 0.3) is 0 Å². The summed E-state index contributed by atoms with van der Waals surface area (Å²) in [6.45, 7) is 5.22. The van der Waals surface area contributed by atoms with Crippen molar-refractivity contribution in [3.8, 4) is 5.75 Å². The van der Waals surface area contributed by atoms with E-state index in [4.69, 9.17) is 21.1 Å². The average Bonchev–Trinajstić information content (AvgIpc) is 3.09. The van der Waals surface area contributed by atoms with E-state index in [9.17, 15) is 24.3 Å². The molecule has 1 aromatic rings. The summed E-state index contributed by atoms with van der Waals surface area (Å²) in [7, 11) is 2.35. The van der Waals surface area contributed by atoms with Crippen LogP contribution in [-0.2, 0) is 30.3 Å². The molecule has 0 saturated heterocycles. The molecule has 2 unspecified atom stereocenters. The molecule has 0 spiro atoms. The number of thioether (sulfide) groups is 1. The van der Waals surface area contributed by atoms with Crippen LogP contribution in [0.2, 0.25) is 5.02 Å². The third-order valence-corrected chi connectivity index (χ3v) is 8.75. The molecule has 0 aromatic heterocycles. The number of phenols is 1. The van der Waals surface area contributed by atoms with E-state index in [1.54, 1.807) is 20.8 Å². The summed E-state index contributed by atoms with van der Waals surface area (Å²) in [5.74, 6) is -3.63. The zero-order valence-corrected chi connectivity index (χ0v) is 20.2. The molecule has 0 saturated carbocycles. The van der Waals surface area contributed by atoms with Crippen LogP contribution in [0.1, 0.15) is 35.3 Å². The van der Waals surface area contributed by atoms with E-state index in [2.05, 4.69) is 0 Å². The summed E-state index contributed by atoms with van der Waals surface area (Å²) in [4.78, 5) is 55.2. The molecule has 0 radical (unpaired) electrons. The topological polar surface area (TPSA) is 110 Å². The molecule has 3 aliphatic rings. The number of Topliss-reactive ketones (excluding diaryl/α,β-unsaturated/α-hetero) is 1. The highest BCUT2D eigenvalue weighted by molar-refractivity contribution is 8.03. The van der Waals surface area contributed by atoms with Crippen LogP contribution in [-0.4, -0.2) is 53.6 Å². The van der Waals surface area contributed by atoms with Crippen molar-refractivity contribution in [1.82, 2.24) is 4.90 Å². The quantitative estimate of drug-likeness (QED) is 0.387. The van der Waals surface area contributed by atoms with Gasteiger partial charge in [-0.1, -0.05) is 11.6 Å². The number of aryl methyl sites for hydroxylation is 1.